The molecule has 1 aliphatic carbocycles. The number of carbonyl (C=O) groups excluding carboxylic acids is 1. The van der Waals surface area contributed by atoms with Gasteiger partial charge in [-0.3, -0.25) is 10.1 Å². The number of hydrogen-bond acceptors (Lipinski definition) is 4. The van der Waals surface area contributed by atoms with Crippen LogP contribution in [0.1, 0.15) is 48.2 Å². The number of carbonyl (C=O) groups is 1. The summed E-state index contributed by atoms with van der Waals surface area (Å²) in [5, 5.41) is 12.7. The average Bonchev–Trinajstić information content (AvgIpc) is 3.46. The highest BCUT2D eigenvalue weighted by Gasteiger charge is 2.21. The molecule has 0 spiro atoms. The first kappa shape index (κ1) is 18.8. The van der Waals surface area contributed by atoms with Crippen LogP contribution in [-0.4, -0.2) is 22.2 Å². The average molecular weight is 399 g/mol. The fourth-order valence-corrected chi connectivity index (χ4v) is 4.56. The molecule has 3 aromatic rings. The Morgan fingerprint density at radius 2 is 2.00 bits per heavy atom. The largest absolute Gasteiger partial charge is 0.310 e. The van der Waals surface area contributed by atoms with Gasteiger partial charge in [0.2, 0.25) is 5.91 Å². The summed E-state index contributed by atoms with van der Waals surface area (Å²) < 4.78 is 15.2. The summed E-state index contributed by atoms with van der Waals surface area (Å²) in [7, 11) is 0. The van der Waals surface area contributed by atoms with Gasteiger partial charge in [-0.15, -0.1) is 11.3 Å². The predicted molar refractivity (Wildman–Crippen MR) is 109 cm³/mol. The molecule has 0 unspecified atom stereocenters. The Hall–Kier alpha value is -2.51. The summed E-state index contributed by atoms with van der Waals surface area (Å²) in [6.45, 7) is 0.149. The number of halogens is 1. The molecule has 1 aliphatic rings. The van der Waals surface area contributed by atoms with Gasteiger partial charge in [-0.1, -0.05) is 31.0 Å². The molecule has 0 radical (unpaired) electrons. The summed E-state index contributed by atoms with van der Waals surface area (Å²) in [5.74, 6) is 0.350. The molecule has 0 saturated heterocycles. The quantitative estimate of drug-likeness (QED) is 0.615. The van der Waals surface area contributed by atoms with Gasteiger partial charge in [0.15, 0.2) is 0 Å². The monoisotopic (exact) mass is 398 g/mol. The van der Waals surface area contributed by atoms with Gasteiger partial charge in [-0.25, -0.2) is 9.07 Å². The summed E-state index contributed by atoms with van der Waals surface area (Å²) >= 11 is 1.60. The molecule has 1 saturated carbocycles. The molecular weight excluding hydrogens is 375 g/mol. The van der Waals surface area contributed by atoms with Crippen molar-refractivity contribution in [1.82, 2.24) is 15.1 Å². The number of anilines is 1. The molecule has 0 bridgehead atoms. The van der Waals surface area contributed by atoms with Crippen molar-refractivity contribution in [3.63, 3.8) is 0 Å². The first-order chi connectivity index (χ1) is 13.7. The van der Waals surface area contributed by atoms with E-state index in [-0.39, 0.29) is 24.3 Å². The highest BCUT2D eigenvalue weighted by atomic mass is 32.1. The molecule has 7 heteroatoms. The van der Waals surface area contributed by atoms with E-state index in [0.29, 0.717) is 6.04 Å². The molecule has 146 valence electrons. The van der Waals surface area contributed by atoms with E-state index in [1.54, 1.807) is 29.7 Å². The molecule has 1 aromatic carbocycles. The molecule has 1 fully saturated rings. The molecule has 1 atom stereocenters. The van der Waals surface area contributed by atoms with Crippen molar-refractivity contribution in [2.75, 3.05) is 11.9 Å². The number of benzene rings is 1. The fraction of sp³-hybridized carbons (Fsp3) is 0.333. The maximum atomic E-state index is 13.3. The molecule has 2 N–H and O–H groups in total. The summed E-state index contributed by atoms with van der Waals surface area (Å²) in [5.41, 5.74) is 0.924. The standard InChI is InChI=1S/C21H23FN4OS/c22-16-9-7-15(8-10-16)21(18-6-3-13-28-18)23-14-20(27)25-19-11-12-24-26(19)17-4-1-2-5-17/h3,6-13,17,21,23H,1-2,4-5,14H2,(H,25,27)/t21-/m0/s1. The highest BCUT2D eigenvalue weighted by molar-refractivity contribution is 7.10. The first-order valence-corrected chi connectivity index (χ1v) is 10.4. The normalized spacial score (nSPS) is 15.6. The van der Waals surface area contributed by atoms with Crippen LogP contribution in [-0.2, 0) is 4.79 Å². The van der Waals surface area contributed by atoms with Crippen molar-refractivity contribution < 1.29 is 9.18 Å². The number of amides is 1. The number of thiophene rings is 1. The molecule has 2 aromatic heterocycles. The minimum Gasteiger partial charge on any atom is -0.310 e. The van der Waals surface area contributed by atoms with Crippen LogP contribution in [0.15, 0.2) is 54.0 Å². The number of rotatable bonds is 7. The number of nitrogens with zero attached hydrogens (tertiary/aromatic N) is 2. The van der Waals surface area contributed by atoms with Crippen LogP contribution in [0.5, 0.6) is 0 Å². The third-order valence-corrected chi connectivity index (χ3v) is 6.04. The van der Waals surface area contributed by atoms with Crippen LogP contribution >= 0.6 is 11.3 Å². The van der Waals surface area contributed by atoms with Crippen molar-refractivity contribution in [3.8, 4) is 0 Å². The number of hydrogen-bond donors (Lipinski definition) is 2. The molecule has 4 rings (SSSR count). The van der Waals surface area contributed by atoms with Crippen molar-refractivity contribution in [3.05, 3.63) is 70.3 Å². The zero-order valence-electron chi connectivity index (χ0n) is 15.5. The Kier molecular flexibility index (Phi) is 5.83. The molecule has 1 amide bonds. The molecule has 0 aliphatic heterocycles. The van der Waals surface area contributed by atoms with E-state index in [1.165, 1.54) is 25.0 Å². The Morgan fingerprint density at radius 1 is 1.21 bits per heavy atom. The van der Waals surface area contributed by atoms with Crippen molar-refractivity contribution >= 4 is 23.1 Å². The van der Waals surface area contributed by atoms with Crippen LogP contribution in [0.2, 0.25) is 0 Å². The Balaban J connectivity index is 1.42. The minimum atomic E-state index is -0.272. The van der Waals surface area contributed by atoms with E-state index in [9.17, 15) is 9.18 Å². The van der Waals surface area contributed by atoms with Gasteiger partial charge in [0.25, 0.3) is 0 Å². The lowest BCUT2D eigenvalue weighted by atomic mass is 10.1. The van der Waals surface area contributed by atoms with E-state index >= 15 is 0 Å². The Morgan fingerprint density at radius 3 is 2.71 bits per heavy atom. The van der Waals surface area contributed by atoms with Crippen LogP contribution in [0.25, 0.3) is 0 Å². The van der Waals surface area contributed by atoms with Crippen LogP contribution in [0, 0.1) is 5.82 Å². The fourth-order valence-electron chi connectivity index (χ4n) is 3.73. The lowest BCUT2D eigenvalue weighted by Gasteiger charge is -2.19. The Labute approximate surface area is 167 Å². The van der Waals surface area contributed by atoms with Crippen molar-refractivity contribution in [2.45, 2.75) is 37.8 Å². The third-order valence-electron chi connectivity index (χ3n) is 5.11. The van der Waals surface area contributed by atoms with Gasteiger partial charge < -0.3 is 5.32 Å². The summed E-state index contributed by atoms with van der Waals surface area (Å²) in [6, 6.07) is 12.4. The van der Waals surface area contributed by atoms with E-state index in [0.717, 1.165) is 29.1 Å². The van der Waals surface area contributed by atoms with Crippen molar-refractivity contribution in [2.24, 2.45) is 0 Å². The molecule has 5 nitrogen and oxygen atoms in total. The van der Waals surface area contributed by atoms with E-state index in [1.807, 2.05) is 28.3 Å². The van der Waals surface area contributed by atoms with Gasteiger partial charge in [-0.05, 0) is 42.0 Å². The van der Waals surface area contributed by atoms with Crippen molar-refractivity contribution in [1.29, 1.82) is 0 Å². The van der Waals surface area contributed by atoms with E-state index < -0.39 is 0 Å². The van der Waals surface area contributed by atoms with E-state index in [4.69, 9.17) is 0 Å². The number of aromatic nitrogens is 2. The number of nitrogens with one attached hydrogen (secondary N) is 2. The van der Waals surface area contributed by atoms with Crippen LogP contribution < -0.4 is 10.6 Å². The maximum Gasteiger partial charge on any atom is 0.239 e. The topological polar surface area (TPSA) is 59.0 Å². The molecular formula is C21H23FN4OS. The third kappa shape index (κ3) is 4.31. The minimum absolute atomic E-state index is 0.122. The highest BCUT2D eigenvalue weighted by Crippen LogP contribution is 2.31. The lowest BCUT2D eigenvalue weighted by Crippen LogP contribution is -2.32. The second-order valence-electron chi connectivity index (χ2n) is 7.03. The smallest absolute Gasteiger partial charge is 0.239 e. The van der Waals surface area contributed by atoms with Gasteiger partial charge >= 0.3 is 0 Å². The lowest BCUT2D eigenvalue weighted by molar-refractivity contribution is -0.115. The maximum absolute atomic E-state index is 13.3. The van der Waals surface area contributed by atoms with Gasteiger partial charge in [0.1, 0.15) is 11.6 Å². The van der Waals surface area contributed by atoms with Crippen LogP contribution in [0.3, 0.4) is 0 Å². The zero-order valence-corrected chi connectivity index (χ0v) is 16.3. The second-order valence-corrected chi connectivity index (χ2v) is 8.01. The van der Waals surface area contributed by atoms with E-state index in [2.05, 4.69) is 15.7 Å². The second kappa shape index (κ2) is 8.67. The Bertz CT molecular complexity index is 901. The predicted octanol–water partition coefficient (Wildman–Crippen LogP) is 4.52. The molecule has 2 heterocycles. The molecule has 28 heavy (non-hydrogen) atoms. The van der Waals surface area contributed by atoms with Gasteiger partial charge in [0, 0.05) is 10.9 Å². The van der Waals surface area contributed by atoms with Gasteiger partial charge in [-0.2, -0.15) is 5.10 Å². The summed E-state index contributed by atoms with van der Waals surface area (Å²) in [6.07, 6.45) is 6.36. The van der Waals surface area contributed by atoms with Gasteiger partial charge in [0.05, 0.1) is 24.8 Å². The summed E-state index contributed by atoms with van der Waals surface area (Å²) in [4.78, 5) is 13.6. The zero-order chi connectivity index (χ0) is 19.3. The SMILES string of the molecule is O=C(CN[C@@H](c1ccc(F)cc1)c1cccs1)Nc1ccnn1C1CCCC1. The van der Waals surface area contributed by atoms with Crippen LogP contribution in [0.4, 0.5) is 10.2 Å². The first-order valence-electron chi connectivity index (χ1n) is 9.56.